The fraction of sp³-hybridized carbons (Fsp3) is 0.562. The number of aromatic nitrogens is 3. The molecule has 1 amide bonds. The van der Waals surface area contributed by atoms with Crippen molar-refractivity contribution in [2.45, 2.75) is 45.6 Å². The van der Waals surface area contributed by atoms with E-state index >= 15 is 0 Å². The van der Waals surface area contributed by atoms with Crippen molar-refractivity contribution in [3.05, 3.63) is 34.0 Å². The summed E-state index contributed by atoms with van der Waals surface area (Å²) in [6.45, 7) is 5.52. The van der Waals surface area contributed by atoms with Crippen LogP contribution in [0.2, 0.25) is 0 Å². The van der Waals surface area contributed by atoms with Gasteiger partial charge in [0.25, 0.3) is 0 Å². The van der Waals surface area contributed by atoms with Crippen molar-refractivity contribution in [2.75, 3.05) is 13.1 Å². The van der Waals surface area contributed by atoms with Gasteiger partial charge in [-0.15, -0.1) is 11.3 Å². The van der Waals surface area contributed by atoms with E-state index in [4.69, 9.17) is 0 Å². The van der Waals surface area contributed by atoms with Crippen LogP contribution in [0.25, 0.3) is 0 Å². The molecular weight excluding hydrogens is 296 g/mol. The fourth-order valence-electron chi connectivity index (χ4n) is 3.11. The molecule has 0 unspecified atom stereocenters. The SMILES string of the molecule is Cc1nc(C)n([C@H]2CCCN(C(=O)CCc3cccs3)C2)n1. The molecule has 1 saturated heterocycles. The third kappa shape index (κ3) is 3.38. The average Bonchev–Trinajstić information content (AvgIpc) is 3.14. The first-order chi connectivity index (χ1) is 10.6. The van der Waals surface area contributed by atoms with E-state index in [1.807, 2.05) is 29.5 Å². The van der Waals surface area contributed by atoms with Gasteiger partial charge in [-0.3, -0.25) is 4.79 Å². The molecule has 0 spiro atoms. The quantitative estimate of drug-likeness (QED) is 0.871. The Balaban J connectivity index is 1.60. The van der Waals surface area contributed by atoms with Gasteiger partial charge in [-0.25, -0.2) is 9.67 Å². The highest BCUT2D eigenvalue weighted by Crippen LogP contribution is 2.23. The minimum atomic E-state index is 0.257. The predicted octanol–water partition coefficient (Wildman–Crippen LogP) is 2.75. The molecule has 3 heterocycles. The molecule has 0 saturated carbocycles. The number of likely N-dealkylation sites (tertiary alicyclic amines) is 1. The molecule has 118 valence electrons. The second-order valence-electron chi connectivity index (χ2n) is 5.87. The molecule has 3 rings (SSSR count). The van der Waals surface area contributed by atoms with E-state index in [1.165, 1.54) is 4.88 Å². The molecule has 0 N–H and O–H groups in total. The molecule has 6 heteroatoms. The lowest BCUT2D eigenvalue weighted by Crippen LogP contribution is -2.41. The number of carbonyl (C=O) groups is 1. The summed E-state index contributed by atoms with van der Waals surface area (Å²) in [5.41, 5.74) is 0. The molecule has 5 nitrogen and oxygen atoms in total. The van der Waals surface area contributed by atoms with Crippen molar-refractivity contribution in [3.63, 3.8) is 0 Å². The van der Waals surface area contributed by atoms with Crippen LogP contribution >= 0.6 is 11.3 Å². The van der Waals surface area contributed by atoms with Gasteiger partial charge >= 0.3 is 0 Å². The highest BCUT2D eigenvalue weighted by molar-refractivity contribution is 7.09. The molecule has 22 heavy (non-hydrogen) atoms. The van der Waals surface area contributed by atoms with Gasteiger partial charge in [0.15, 0.2) is 0 Å². The van der Waals surface area contributed by atoms with Gasteiger partial charge in [0.05, 0.1) is 6.04 Å². The van der Waals surface area contributed by atoms with Crippen molar-refractivity contribution in [2.24, 2.45) is 0 Å². The van der Waals surface area contributed by atoms with Crippen LogP contribution in [0, 0.1) is 13.8 Å². The number of hydrogen-bond acceptors (Lipinski definition) is 4. The van der Waals surface area contributed by atoms with Crippen LogP contribution < -0.4 is 0 Å². The molecule has 1 fully saturated rings. The number of amides is 1. The second kappa shape index (κ2) is 6.60. The number of thiophene rings is 1. The predicted molar refractivity (Wildman–Crippen MR) is 87.0 cm³/mol. The Hall–Kier alpha value is -1.69. The Labute approximate surface area is 135 Å². The van der Waals surface area contributed by atoms with Gasteiger partial charge in [0.1, 0.15) is 11.6 Å². The molecule has 2 aromatic rings. The molecule has 0 aliphatic carbocycles. The minimum absolute atomic E-state index is 0.257. The van der Waals surface area contributed by atoms with Gasteiger partial charge in [-0.1, -0.05) is 6.07 Å². The third-order valence-electron chi connectivity index (χ3n) is 4.17. The number of hydrogen-bond donors (Lipinski definition) is 0. The van der Waals surface area contributed by atoms with Gasteiger partial charge < -0.3 is 4.90 Å². The summed E-state index contributed by atoms with van der Waals surface area (Å²) in [6, 6.07) is 4.40. The summed E-state index contributed by atoms with van der Waals surface area (Å²) in [5, 5.41) is 6.55. The van der Waals surface area contributed by atoms with Gasteiger partial charge in [-0.05, 0) is 44.6 Å². The normalized spacial score (nSPS) is 18.6. The number of rotatable bonds is 4. The molecule has 0 aromatic carbocycles. The Morgan fingerprint density at radius 3 is 3.00 bits per heavy atom. The highest BCUT2D eigenvalue weighted by atomic mass is 32.1. The maximum Gasteiger partial charge on any atom is 0.223 e. The van der Waals surface area contributed by atoms with Crippen LogP contribution in [-0.4, -0.2) is 38.7 Å². The number of carbonyl (C=O) groups excluding carboxylic acids is 1. The Kier molecular flexibility index (Phi) is 4.57. The number of aryl methyl sites for hydroxylation is 3. The summed E-state index contributed by atoms with van der Waals surface area (Å²) >= 11 is 1.72. The lowest BCUT2D eigenvalue weighted by atomic mass is 10.0. The van der Waals surface area contributed by atoms with E-state index in [-0.39, 0.29) is 11.9 Å². The van der Waals surface area contributed by atoms with Crippen molar-refractivity contribution in [1.29, 1.82) is 0 Å². The van der Waals surface area contributed by atoms with Crippen LogP contribution in [-0.2, 0) is 11.2 Å². The zero-order valence-electron chi connectivity index (χ0n) is 13.2. The lowest BCUT2D eigenvalue weighted by molar-refractivity contribution is -0.132. The van der Waals surface area contributed by atoms with E-state index in [9.17, 15) is 4.79 Å². The van der Waals surface area contributed by atoms with Crippen LogP contribution in [0.4, 0.5) is 0 Å². The molecule has 1 aliphatic heterocycles. The molecule has 0 bridgehead atoms. The van der Waals surface area contributed by atoms with Crippen molar-refractivity contribution in [3.8, 4) is 0 Å². The summed E-state index contributed by atoms with van der Waals surface area (Å²) in [4.78, 5) is 20.1. The summed E-state index contributed by atoms with van der Waals surface area (Å²) in [5.74, 6) is 2.00. The smallest absolute Gasteiger partial charge is 0.223 e. The number of nitrogens with zero attached hydrogens (tertiary/aromatic N) is 4. The molecule has 2 aromatic heterocycles. The minimum Gasteiger partial charge on any atom is -0.341 e. The maximum absolute atomic E-state index is 12.4. The zero-order valence-corrected chi connectivity index (χ0v) is 14.0. The summed E-state index contributed by atoms with van der Waals surface area (Å²) in [6.07, 6.45) is 3.55. The van der Waals surface area contributed by atoms with Gasteiger partial charge in [0, 0.05) is 24.4 Å². The molecule has 0 radical (unpaired) electrons. The van der Waals surface area contributed by atoms with E-state index in [1.54, 1.807) is 11.3 Å². The van der Waals surface area contributed by atoms with Gasteiger partial charge in [0.2, 0.25) is 5.91 Å². The molecular formula is C16H22N4OS. The van der Waals surface area contributed by atoms with Crippen LogP contribution in [0.1, 0.15) is 41.8 Å². The standard InChI is InChI=1S/C16H22N4OS/c1-12-17-13(2)20(18-12)14-5-3-9-19(11-14)16(21)8-7-15-6-4-10-22-15/h4,6,10,14H,3,5,7-9,11H2,1-2H3/t14-/m0/s1. The van der Waals surface area contributed by atoms with Crippen LogP contribution in [0.5, 0.6) is 0 Å². The second-order valence-corrected chi connectivity index (χ2v) is 6.90. The topological polar surface area (TPSA) is 51.0 Å². The number of piperidine rings is 1. The molecule has 1 aliphatic rings. The monoisotopic (exact) mass is 318 g/mol. The first kappa shape index (κ1) is 15.2. The van der Waals surface area contributed by atoms with E-state index in [2.05, 4.69) is 21.5 Å². The van der Waals surface area contributed by atoms with Crippen molar-refractivity contribution < 1.29 is 4.79 Å². The first-order valence-corrected chi connectivity index (χ1v) is 8.71. The van der Waals surface area contributed by atoms with Gasteiger partial charge in [-0.2, -0.15) is 5.10 Å². The van der Waals surface area contributed by atoms with Crippen molar-refractivity contribution >= 4 is 17.2 Å². The zero-order chi connectivity index (χ0) is 15.5. The lowest BCUT2D eigenvalue weighted by Gasteiger charge is -2.33. The first-order valence-electron chi connectivity index (χ1n) is 7.83. The summed E-state index contributed by atoms with van der Waals surface area (Å²) in [7, 11) is 0. The largest absolute Gasteiger partial charge is 0.341 e. The summed E-state index contributed by atoms with van der Waals surface area (Å²) < 4.78 is 1.99. The fourth-order valence-corrected chi connectivity index (χ4v) is 3.81. The van der Waals surface area contributed by atoms with Crippen LogP contribution in [0.3, 0.4) is 0 Å². The van der Waals surface area contributed by atoms with E-state index < -0.39 is 0 Å². The Morgan fingerprint density at radius 2 is 2.32 bits per heavy atom. The van der Waals surface area contributed by atoms with E-state index in [0.717, 1.165) is 44.0 Å². The van der Waals surface area contributed by atoms with Crippen LogP contribution in [0.15, 0.2) is 17.5 Å². The maximum atomic E-state index is 12.4. The van der Waals surface area contributed by atoms with E-state index in [0.29, 0.717) is 6.42 Å². The highest BCUT2D eigenvalue weighted by Gasteiger charge is 2.26. The Bertz CT molecular complexity index is 635. The average molecular weight is 318 g/mol. The Morgan fingerprint density at radius 1 is 1.45 bits per heavy atom. The third-order valence-corrected chi connectivity index (χ3v) is 5.10. The molecule has 1 atom stereocenters. The van der Waals surface area contributed by atoms with Crippen molar-refractivity contribution in [1.82, 2.24) is 19.7 Å².